The number of halogens is 1. The second kappa shape index (κ2) is 9.40. The number of benzene rings is 2. The molecule has 0 unspecified atom stereocenters. The number of nitrogens with one attached hydrogen (secondary N) is 1. The third-order valence-corrected chi connectivity index (χ3v) is 6.90. The molecule has 0 bridgehead atoms. The zero-order valence-corrected chi connectivity index (χ0v) is 20.1. The topological polar surface area (TPSA) is 54.9 Å². The molecule has 1 amide bonds. The molecule has 0 saturated heterocycles. The number of hydrogen-bond donors (Lipinski definition) is 1. The maximum atomic E-state index is 13.0. The molecule has 170 valence electrons. The zero-order chi connectivity index (χ0) is 23.7. The Bertz CT molecular complexity index is 1350. The Morgan fingerprint density at radius 2 is 1.76 bits per heavy atom. The largest absolute Gasteiger partial charge is 0.348 e. The predicted octanol–water partition coefficient (Wildman–Crippen LogP) is 6.37. The van der Waals surface area contributed by atoms with Gasteiger partial charge in [0.25, 0.3) is 5.91 Å². The van der Waals surface area contributed by atoms with Gasteiger partial charge >= 0.3 is 0 Å². The summed E-state index contributed by atoms with van der Waals surface area (Å²) >= 11 is 6.08. The summed E-state index contributed by atoms with van der Waals surface area (Å²) in [5, 5.41) is 3.93. The van der Waals surface area contributed by atoms with Crippen LogP contribution < -0.4 is 5.32 Å². The van der Waals surface area contributed by atoms with Crippen LogP contribution in [0.15, 0.2) is 73.2 Å². The van der Waals surface area contributed by atoms with Crippen molar-refractivity contribution in [3.63, 3.8) is 0 Å². The molecular weight excluding hydrogens is 442 g/mol. The van der Waals surface area contributed by atoms with E-state index in [2.05, 4.69) is 40.4 Å². The van der Waals surface area contributed by atoms with Gasteiger partial charge in [-0.25, -0.2) is 0 Å². The van der Waals surface area contributed by atoms with Gasteiger partial charge in [0.2, 0.25) is 0 Å². The number of aromatic nitrogens is 2. The third kappa shape index (κ3) is 4.46. The molecule has 2 aromatic heterocycles. The summed E-state index contributed by atoms with van der Waals surface area (Å²) in [6.45, 7) is 4.18. The van der Waals surface area contributed by atoms with Crippen molar-refractivity contribution in [2.24, 2.45) is 0 Å². The van der Waals surface area contributed by atoms with E-state index in [9.17, 15) is 4.79 Å². The van der Waals surface area contributed by atoms with Gasteiger partial charge in [0.05, 0.1) is 0 Å². The van der Waals surface area contributed by atoms with Gasteiger partial charge in [-0.3, -0.25) is 14.8 Å². The molecule has 0 fully saturated rings. The van der Waals surface area contributed by atoms with Gasteiger partial charge in [0.1, 0.15) is 5.69 Å². The smallest absolute Gasteiger partial charge is 0.270 e. The van der Waals surface area contributed by atoms with E-state index in [0.717, 1.165) is 41.5 Å². The number of carbonyl (C=O) groups excluding carboxylic acids is 1. The number of aryl methyl sites for hydroxylation is 2. The molecule has 4 aromatic rings. The molecule has 1 aliphatic rings. The first-order valence-electron chi connectivity index (χ1n) is 11.5. The van der Waals surface area contributed by atoms with Crippen molar-refractivity contribution in [2.45, 2.75) is 39.2 Å². The zero-order valence-electron chi connectivity index (χ0n) is 19.3. The lowest BCUT2D eigenvalue weighted by atomic mass is 9.81. The van der Waals surface area contributed by atoms with Crippen LogP contribution in [0.2, 0.25) is 5.02 Å². The Morgan fingerprint density at radius 1 is 0.941 bits per heavy atom. The van der Waals surface area contributed by atoms with Crippen LogP contribution in [0.25, 0.3) is 22.3 Å². The van der Waals surface area contributed by atoms with Crippen molar-refractivity contribution < 1.29 is 4.79 Å². The Morgan fingerprint density at radius 3 is 2.50 bits per heavy atom. The first-order chi connectivity index (χ1) is 16.5. The van der Waals surface area contributed by atoms with Crippen LogP contribution in [0.3, 0.4) is 0 Å². The minimum atomic E-state index is -0.136. The van der Waals surface area contributed by atoms with Crippen molar-refractivity contribution in [3.8, 4) is 22.3 Å². The highest BCUT2D eigenvalue weighted by molar-refractivity contribution is 6.30. The molecule has 0 radical (unpaired) electrons. The van der Waals surface area contributed by atoms with Crippen molar-refractivity contribution in [2.75, 3.05) is 0 Å². The summed E-state index contributed by atoms with van der Waals surface area (Å²) in [5.41, 5.74) is 9.86. The van der Waals surface area contributed by atoms with Crippen molar-refractivity contribution in [1.82, 2.24) is 15.3 Å². The molecule has 1 atom stereocenters. The summed E-state index contributed by atoms with van der Waals surface area (Å²) in [4.78, 5) is 21.8. The van der Waals surface area contributed by atoms with Crippen LogP contribution in [0.5, 0.6) is 0 Å². The lowest BCUT2D eigenvalue weighted by Gasteiger charge is -2.28. The Kier molecular flexibility index (Phi) is 6.16. The second-order valence-electron chi connectivity index (χ2n) is 8.93. The first-order valence-corrected chi connectivity index (χ1v) is 11.9. The van der Waals surface area contributed by atoms with E-state index in [-0.39, 0.29) is 11.9 Å². The maximum absolute atomic E-state index is 13.0. The predicted molar refractivity (Wildman–Crippen MR) is 137 cm³/mol. The molecule has 2 heterocycles. The molecule has 0 saturated carbocycles. The lowest BCUT2D eigenvalue weighted by Crippen LogP contribution is -2.39. The fourth-order valence-corrected chi connectivity index (χ4v) is 5.10. The number of amides is 1. The summed E-state index contributed by atoms with van der Waals surface area (Å²) in [7, 11) is 0. The molecule has 34 heavy (non-hydrogen) atoms. The lowest BCUT2D eigenvalue weighted by molar-refractivity contribution is 0.0928. The number of pyridine rings is 2. The standard InChI is InChI=1S/C29H26ClN3O/c1-18-5-9-26(20-4-3-13-31-16-20)27-15-23(8-11-25(18)27)33-29(34)28-12-6-21(17-32-28)24-10-7-22(30)14-19(24)2/h3-7,9-10,12-14,16-17,23H,8,11,15H2,1-2H3,(H,33,34)/t23-/m0/s1. The van der Waals surface area contributed by atoms with Crippen LogP contribution in [0.1, 0.15) is 39.2 Å². The van der Waals surface area contributed by atoms with Crippen molar-refractivity contribution in [3.05, 3.63) is 106 Å². The van der Waals surface area contributed by atoms with Gasteiger partial charge in [-0.1, -0.05) is 41.9 Å². The molecular formula is C29H26ClN3O. The summed E-state index contributed by atoms with van der Waals surface area (Å²) in [6.07, 6.45) is 8.11. The Balaban J connectivity index is 1.34. The van der Waals surface area contributed by atoms with E-state index < -0.39 is 0 Å². The normalized spacial score (nSPS) is 15.0. The van der Waals surface area contributed by atoms with Gasteiger partial charge in [-0.15, -0.1) is 0 Å². The number of hydrogen-bond acceptors (Lipinski definition) is 3. The van der Waals surface area contributed by atoms with E-state index in [0.29, 0.717) is 10.7 Å². The van der Waals surface area contributed by atoms with Gasteiger partial charge in [0, 0.05) is 40.8 Å². The Labute approximate surface area is 205 Å². The average Bonchev–Trinajstić information content (AvgIpc) is 2.85. The summed E-state index contributed by atoms with van der Waals surface area (Å²) in [6, 6.07) is 18.0. The first kappa shape index (κ1) is 22.3. The second-order valence-corrected chi connectivity index (χ2v) is 9.37. The van der Waals surface area contributed by atoms with Crippen molar-refractivity contribution >= 4 is 17.5 Å². The van der Waals surface area contributed by atoms with E-state index in [4.69, 9.17) is 11.6 Å². The quantitative estimate of drug-likeness (QED) is 0.379. The van der Waals surface area contributed by atoms with Gasteiger partial charge in [-0.05, 0) is 90.8 Å². The number of fused-ring (bicyclic) bond motifs is 1. The van der Waals surface area contributed by atoms with Gasteiger partial charge < -0.3 is 5.32 Å². The molecule has 4 nitrogen and oxygen atoms in total. The number of nitrogens with zero attached hydrogens (tertiary/aromatic N) is 2. The minimum absolute atomic E-state index is 0.0669. The monoisotopic (exact) mass is 467 g/mol. The summed E-state index contributed by atoms with van der Waals surface area (Å²) < 4.78 is 0. The Hall–Kier alpha value is -3.50. The van der Waals surface area contributed by atoms with E-state index in [1.54, 1.807) is 18.5 Å². The van der Waals surface area contributed by atoms with Gasteiger partial charge in [-0.2, -0.15) is 0 Å². The molecule has 5 heteroatoms. The molecule has 2 aromatic carbocycles. The van der Waals surface area contributed by atoms with E-state index in [1.807, 2.05) is 43.5 Å². The van der Waals surface area contributed by atoms with E-state index in [1.165, 1.54) is 22.3 Å². The van der Waals surface area contributed by atoms with Gasteiger partial charge in [0.15, 0.2) is 0 Å². The number of rotatable bonds is 4. The van der Waals surface area contributed by atoms with Crippen LogP contribution in [-0.4, -0.2) is 21.9 Å². The van der Waals surface area contributed by atoms with Crippen LogP contribution >= 0.6 is 11.6 Å². The molecule has 0 spiro atoms. The molecule has 0 aliphatic heterocycles. The third-order valence-electron chi connectivity index (χ3n) is 6.66. The minimum Gasteiger partial charge on any atom is -0.348 e. The average molecular weight is 468 g/mol. The SMILES string of the molecule is Cc1cc(Cl)ccc1-c1ccc(C(=O)N[C@H]2CCc3c(C)ccc(-c4cccnc4)c3C2)nc1. The fourth-order valence-electron chi connectivity index (χ4n) is 4.87. The highest BCUT2D eigenvalue weighted by Crippen LogP contribution is 2.33. The summed E-state index contributed by atoms with van der Waals surface area (Å²) in [5.74, 6) is -0.136. The van der Waals surface area contributed by atoms with Crippen LogP contribution in [-0.2, 0) is 12.8 Å². The van der Waals surface area contributed by atoms with Crippen LogP contribution in [0.4, 0.5) is 0 Å². The number of carbonyl (C=O) groups is 1. The highest BCUT2D eigenvalue weighted by atomic mass is 35.5. The molecule has 1 aliphatic carbocycles. The van der Waals surface area contributed by atoms with E-state index >= 15 is 0 Å². The maximum Gasteiger partial charge on any atom is 0.270 e. The highest BCUT2D eigenvalue weighted by Gasteiger charge is 2.25. The molecule has 1 N–H and O–H groups in total. The van der Waals surface area contributed by atoms with Crippen LogP contribution in [0, 0.1) is 13.8 Å². The fraction of sp³-hybridized carbons (Fsp3) is 0.207. The van der Waals surface area contributed by atoms with Crippen molar-refractivity contribution in [1.29, 1.82) is 0 Å². The molecule has 5 rings (SSSR count).